The van der Waals surface area contributed by atoms with E-state index in [-0.39, 0.29) is 18.8 Å². The van der Waals surface area contributed by atoms with Crippen molar-refractivity contribution < 1.29 is 14.3 Å². The van der Waals surface area contributed by atoms with Crippen LogP contribution in [0.3, 0.4) is 0 Å². The summed E-state index contributed by atoms with van der Waals surface area (Å²) in [4.78, 5) is 23.2. The van der Waals surface area contributed by atoms with Crippen LogP contribution >= 0.6 is 0 Å². The molecule has 0 N–H and O–H groups in total. The topological polar surface area (TPSA) is 82.4 Å². The lowest BCUT2D eigenvalue weighted by Crippen LogP contribution is -2.28. The third kappa shape index (κ3) is 5.95. The molecule has 0 radical (unpaired) electrons. The quantitative estimate of drug-likeness (QED) is 0.583. The van der Waals surface area contributed by atoms with Crippen molar-refractivity contribution in [1.82, 2.24) is 24.6 Å². The number of rotatable bonds is 9. The average Bonchev–Trinajstić information content (AvgIpc) is 3.16. The van der Waals surface area contributed by atoms with Crippen molar-refractivity contribution in [3.05, 3.63) is 23.8 Å². The van der Waals surface area contributed by atoms with Crippen LogP contribution in [-0.4, -0.2) is 50.4 Å². The molecule has 1 amide bonds. The van der Waals surface area contributed by atoms with E-state index in [1.54, 1.807) is 29.0 Å². The summed E-state index contributed by atoms with van der Waals surface area (Å²) >= 11 is 0. The fraction of sp³-hybridized carbons (Fsp3) is 0.652. The van der Waals surface area contributed by atoms with E-state index in [1.807, 2.05) is 7.05 Å². The van der Waals surface area contributed by atoms with Crippen LogP contribution in [0.2, 0.25) is 0 Å². The van der Waals surface area contributed by atoms with E-state index in [9.17, 15) is 4.79 Å². The molecule has 0 aliphatic heterocycles. The lowest BCUT2D eigenvalue weighted by Gasteiger charge is -2.23. The lowest BCUT2D eigenvalue weighted by molar-refractivity contribution is 0.102. The summed E-state index contributed by atoms with van der Waals surface area (Å²) in [5.74, 6) is 1.35. The van der Waals surface area contributed by atoms with Crippen molar-refractivity contribution >= 4 is 6.09 Å². The molecule has 0 unspecified atom stereocenters. The van der Waals surface area contributed by atoms with Crippen LogP contribution in [0.15, 0.2) is 12.4 Å². The van der Waals surface area contributed by atoms with Gasteiger partial charge >= 0.3 is 6.09 Å². The lowest BCUT2D eigenvalue weighted by atomic mass is 9.98. The molecular weight excluding hydrogens is 394 g/mol. The largest absolute Gasteiger partial charge is 0.487 e. The van der Waals surface area contributed by atoms with Gasteiger partial charge in [-0.1, -0.05) is 26.7 Å². The van der Waals surface area contributed by atoms with Gasteiger partial charge in [-0.2, -0.15) is 5.10 Å². The number of carbonyl (C=O) groups excluding carboxylic acids is 1. The molecule has 0 atom stereocenters. The van der Waals surface area contributed by atoms with E-state index in [0.29, 0.717) is 12.4 Å². The maximum atomic E-state index is 12.3. The zero-order valence-corrected chi connectivity index (χ0v) is 19.3. The van der Waals surface area contributed by atoms with Crippen LogP contribution in [0.5, 0.6) is 5.75 Å². The van der Waals surface area contributed by atoms with Gasteiger partial charge in [-0.25, -0.2) is 14.8 Å². The summed E-state index contributed by atoms with van der Waals surface area (Å²) < 4.78 is 13.4. The molecular formula is C23H35N5O3. The highest BCUT2D eigenvalue weighted by molar-refractivity contribution is 5.67. The first-order valence-corrected chi connectivity index (χ1v) is 11.4. The summed E-state index contributed by atoms with van der Waals surface area (Å²) in [6.07, 6.45) is 12.1. The van der Waals surface area contributed by atoms with Crippen molar-refractivity contribution in [2.24, 2.45) is 7.05 Å². The standard InChI is InChI=1S/C23H35N5O3/c1-5-7-13-27(3)23(29)30-16-20-18(14-25-28(20)4)22-24-15-21(19(6-2)26-22)31-17-11-9-8-10-12-17/h14-15,17H,5-13,16H2,1-4H3. The summed E-state index contributed by atoms with van der Waals surface area (Å²) in [6, 6.07) is 0. The van der Waals surface area contributed by atoms with Gasteiger partial charge in [0.25, 0.3) is 0 Å². The molecule has 8 nitrogen and oxygen atoms in total. The van der Waals surface area contributed by atoms with Gasteiger partial charge in [0.1, 0.15) is 6.61 Å². The SMILES string of the molecule is CCCCN(C)C(=O)OCc1c(-c2ncc(OC3CCCCC3)c(CC)n2)cnn1C. The van der Waals surface area contributed by atoms with Crippen LogP contribution in [0.1, 0.15) is 70.2 Å². The molecule has 2 heterocycles. The van der Waals surface area contributed by atoms with E-state index in [4.69, 9.17) is 14.5 Å². The van der Waals surface area contributed by atoms with Gasteiger partial charge < -0.3 is 14.4 Å². The summed E-state index contributed by atoms with van der Waals surface area (Å²) in [7, 11) is 3.58. The fourth-order valence-electron chi connectivity index (χ4n) is 3.80. The van der Waals surface area contributed by atoms with Crippen LogP contribution in [0.25, 0.3) is 11.4 Å². The Bertz CT molecular complexity index is 861. The molecule has 0 spiro atoms. The second-order valence-corrected chi connectivity index (χ2v) is 8.19. The fourth-order valence-corrected chi connectivity index (χ4v) is 3.80. The Hall–Kier alpha value is -2.64. The normalized spacial score (nSPS) is 14.5. The van der Waals surface area contributed by atoms with Crippen molar-refractivity contribution in [3.8, 4) is 17.1 Å². The number of carbonyl (C=O) groups is 1. The monoisotopic (exact) mass is 429 g/mol. The minimum atomic E-state index is -0.341. The maximum Gasteiger partial charge on any atom is 0.409 e. The van der Waals surface area contributed by atoms with E-state index in [1.165, 1.54) is 19.3 Å². The Morgan fingerprint density at radius 3 is 2.71 bits per heavy atom. The number of aryl methyl sites for hydroxylation is 2. The van der Waals surface area contributed by atoms with Crippen LogP contribution in [0.4, 0.5) is 4.79 Å². The highest BCUT2D eigenvalue weighted by Crippen LogP contribution is 2.28. The summed E-state index contributed by atoms with van der Waals surface area (Å²) in [6.45, 7) is 4.96. The molecule has 1 saturated carbocycles. The smallest absolute Gasteiger partial charge is 0.409 e. The molecule has 0 aromatic carbocycles. The number of hydrogen-bond acceptors (Lipinski definition) is 6. The Morgan fingerprint density at radius 2 is 2.00 bits per heavy atom. The average molecular weight is 430 g/mol. The Balaban J connectivity index is 1.73. The molecule has 2 aromatic heterocycles. The number of nitrogens with zero attached hydrogens (tertiary/aromatic N) is 5. The van der Waals surface area contributed by atoms with Gasteiger partial charge in [0.05, 0.1) is 35.4 Å². The molecule has 0 bridgehead atoms. The molecule has 8 heteroatoms. The number of unbranched alkanes of at least 4 members (excludes halogenated alkanes) is 1. The van der Waals surface area contributed by atoms with Crippen LogP contribution in [-0.2, 0) is 24.8 Å². The second-order valence-electron chi connectivity index (χ2n) is 8.19. The Morgan fingerprint density at radius 1 is 1.23 bits per heavy atom. The minimum absolute atomic E-state index is 0.117. The highest BCUT2D eigenvalue weighted by atomic mass is 16.6. The summed E-state index contributed by atoms with van der Waals surface area (Å²) in [5.41, 5.74) is 2.42. The minimum Gasteiger partial charge on any atom is -0.487 e. The third-order valence-electron chi connectivity index (χ3n) is 5.80. The van der Waals surface area contributed by atoms with Crippen molar-refractivity contribution in [3.63, 3.8) is 0 Å². The first kappa shape index (κ1) is 23.0. The van der Waals surface area contributed by atoms with Crippen LogP contribution in [0, 0.1) is 0 Å². The van der Waals surface area contributed by atoms with E-state index >= 15 is 0 Å². The van der Waals surface area contributed by atoms with Crippen LogP contribution < -0.4 is 4.74 Å². The zero-order chi connectivity index (χ0) is 22.2. The predicted octanol–water partition coefficient (Wildman–Crippen LogP) is 4.52. The Kier molecular flexibility index (Phi) is 8.26. The van der Waals surface area contributed by atoms with Crippen molar-refractivity contribution in [1.29, 1.82) is 0 Å². The number of amides is 1. The second kappa shape index (κ2) is 11.1. The predicted molar refractivity (Wildman–Crippen MR) is 119 cm³/mol. The molecule has 170 valence electrons. The van der Waals surface area contributed by atoms with Gasteiger partial charge in [0.2, 0.25) is 0 Å². The van der Waals surface area contributed by atoms with Crippen molar-refractivity contribution in [2.75, 3.05) is 13.6 Å². The van der Waals surface area contributed by atoms with E-state index in [2.05, 4.69) is 23.9 Å². The molecule has 3 rings (SSSR count). The number of hydrogen-bond donors (Lipinski definition) is 0. The first-order chi connectivity index (χ1) is 15.0. The van der Waals surface area contributed by atoms with E-state index in [0.717, 1.165) is 54.8 Å². The third-order valence-corrected chi connectivity index (χ3v) is 5.80. The van der Waals surface area contributed by atoms with Crippen molar-refractivity contribution in [2.45, 2.75) is 77.9 Å². The van der Waals surface area contributed by atoms with Gasteiger partial charge in [0, 0.05) is 20.6 Å². The summed E-state index contributed by atoms with van der Waals surface area (Å²) in [5, 5.41) is 4.34. The highest BCUT2D eigenvalue weighted by Gasteiger charge is 2.20. The van der Waals surface area contributed by atoms with Gasteiger partial charge in [0.15, 0.2) is 11.6 Å². The van der Waals surface area contributed by atoms with Gasteiger partial charge in [-0.15, -0.1) is 0 Å². The first-order valence-electron chi connectivity index (χ1n) is 11.4. The molecule has 1 fully saturated rings. The molecule has 31 heavy (non-hydrogen) atoms. The molecule has 0 saturated heterocycles. The number of ether oxygens (including phenoxy) is 2. The Labute approximate surface area is 185 Å². The van der Waals surface area contributed by atoms with E-state index < -0.39 is 0 Å². The zero-order valence-electron chi connectivity index (χ0n) is 19.3. The maximum absolute atomic E-state index is 12.3. The number of aromatic nitrogens is 4. The molecule has 2 aromatic rings. The van der Waals surface area contributed by atoms with Gasteiger partial charge in [-0.05, 0) is 38.5 Å². The molecule has 1 aliphatic carbocycles. The molecule has 1 aliphatic rings. The van der Waals surface area contributed by atoms with Gasteiger partial charge in [-0.3, -0.25) is 4.68 Å².